The summed E-state index contributed by atoms with van der Waals surface area (Å²) in [5, 5.41) is 3.30. The second-order valence-electron chi connectivity index (χ2n) is 7.32. The van der Waals surface area contributed by atoms with Gasteiger partial charge in [-0.2, -0.15) is 0 Å². The number of aliphatic imine (C=N–C) groups is 1. The molecule has 28 heavy (non-hydrogen) atoms. The summed E-state index contributed by atoms with van der Waals surface area (Å²) in [6, 6.07) is 4.64. The average Bonchev–Trinajstić information content (AvgIpc) is 2.69. The summed E-state index contributed by atoms with van der Waals surface area (Å²) in [5.74, 6) is 0.375. The van der Waals surface area contributed by atoms with Gasteiger partial charge in [-0.1, -0.05) is 24.6 Å². The number of anilines is 1. The van der Waals surface area contributed by atoms with Crippen molar-refractivity contribution in [2.45, 2.75) is 38.1 Å². The second-order valence-corrected chi connectivity index (χ2v) is 8.36. The molecule has 2 aromatic rings. The number of rotatable bonds is 3. The molecule has 2 atom stereocenters. The number of amidine groups is 1. The molecule has 1 unspecified atom stereocenters. The highest BCUT2D eigenvalue weighted by atomic mass is 32.2. The first-order valence-electron chi connectivity index (χ1n) is 9.36. The zero-order chi connectivity index (χ0) is 19.7. The summed E-state index contributed by atoms with van der Waals surface area (Å²) in [6.07, 6.45) is 6.82. The van der Waals surface area contributed by atoms with Crippen LogP contribution in [0.2, 0.25) is 0 Å². The third-order valence-corrected chi connectivity index (χ3v) is 6.44. The minimum Gasteiger partial charge on any atom is -0.379 e. The van der Waals surface area contributed by atoms with E-state index in [0.717, 1.165) is 37.1 Å². The van der Waals surface area contributed by atoms with Gasteiger partial charge >= 0.3 is 0 Å². The van der Waals surface area contributed by atoms with Crippen molar-refractivity contribution in [1.82, 2.24) is 9.97 Å². The number of aromatic nitrogens is 2. The van der Waals surface area contributed by atoms with Gasteiger partial charge in [0.15, 0.2) is 5.17 Å². The van der Waals surface area contributed by atoms with Crippen molar-refractivity contribution >= 4 is 28.5 Å². The summed E-state index contributed by atoms with van der Waals surface area (Å²) in [7, 11) is 0. The maximum Gasteiger partial charge on any atom is 0.275 e. The fraction of sp³-hybridized carbons (Fsp3) is 0.400. The number of nitrogens with one attached hydrogen (secondary N) is 1. The van der Waals surface area contributed by atoms with Crippen molar-refractivity contribution in [3.8, 4) is 0 Å². The summed E-state index contributed by atoms with van der Waals surface area (Å²) in [6.45, 7) is 1.80. The number of benzene rings is 1. The van der Waals surface area contributed by atoms with Crippen molar-refractivity contribution in [3.63, 3.8) is 0 Å². The predicted molar refractivity (Wildman–Crippen MR) is 109 cm³/mol. The van der Waals surface area contributed by atoms with Crippen molar-refractivity contribution in [2.75, 3.05) is 11.1 Å². The molecule has 4 rings (SSSR count). The van der Waals surface area contributed by atoms with Crippen LogP contribution in [0, 0.1) is 18.7 Å². The van der Waals surface area contributed by atoms with Crippen LogP contribution in [0.3, 0.4) is 0 Å². The lowest BCUT2D eigenvalue weighted by molar-refractivity contribution is 0.102. The van der Waals surface area contributed by atoms with E-state index in [0.29, 0.717) is 16.4 Å². The Balaban J connectivity index is 1.68. The number of hydrogen-bond acceptors (Lipinski definition) is 6. The molecular formula is C20H22FN5OS. The Kier molecular flexibility index (Phi) is 5.05. The monoisotopic (exact) mass is 399 g/mol. The Labute approximate surface area is 167 Å². The van der Waals surface area contributed by atoms with E-state index < -0.39 is 5.54 Å². The van der Waals surface area contributed by atoms with E-state index in [-0.39, 0.29) is 23.3 Å². The Morgan fingerprint density at radius 3 is 2.96 bits per heavy atom. The maximum absolute atomic E-state index is 14.9. The number of carbonyl (C=O) groups excluding carboxylic acids is 1. The second kappa shape index (κ2) is 7.50. The molecule has 1 aromatic heterocycles. The van der Waals surface area contributed by atoms with Crippen molar-refractivity contribution in [2.24, 2.45) is 16.6 Å². The Bertz CT molecular complexity index is 933. The predicted octanol–water partition coefficient (Wildman–Crippen LogP) is 3.62. The van der Waals surface area contributed by atoms with Crippen molar-refractivity contribution < 1.29 is 9.18 Å². The van der Waals surface area contributed by atoms with Gasteiger partial charge in [-0.3, -0.25) is 14.8 Å². The molecule has 3 N–H and O–H groups in total. The van der Waals surface area contributed by atoms with Crippen LogP contribution in [0.1, 0.15) is 47.4 Å². The quantitative estimate of drug-likeness (QED) is 0.822. The van der Waals surface area contributed by atoms with Gasteiger partial charge in [0.25, 0.3) is 5.91 Å². The maximum atomic E-state index is 14.9. The first-order valence-corrected chi connectivity index (χ1v) is 10.3. The molecule has 1 aromatic carbocycles. The van der Waals surface area contributed by atoms with E-state index in [1.165, 1.54) is 30.2 Å². The molecule has 1 fully saturated rings. The van der Waals surface area contributed by atoms with Crippen LogP contribution in [-0.2, 0) is 5.54 Å². The van der Waals surface area contributed by atoms with Gasteiger partial charge in [0, 0.05) is 23.2 Å². The minimum absolute atomic E-state index is 0.210. The zero-order valence-corrected chi connectivity index (χ0v) is 16.4. The molecular weight excluding hydrogens is 377 g/mol. The third kappa shape index (κ3) is 3.48. The molecule has 1 aliphatic heterocycles. The Morgan fingerprint density at radius 2 is 2.18 bits per heavy atom. The molecule has 0 bridgehead atoms. The van der Waals surface area contributed by atoms with Gasteiger partial charge < -0.3 is 11.1 Å². The summed E-state index contributed by atoms with van der Waals surface area (Å²) in [5.41, 5.74) is 7.33. The number of carbonyl (C=O) groups is 1. The molecule has 1 aliphatic carbocycles. The normalized spacial score (nSPS) is 24.2. The Hall–Kier alpha value is -2.48. The zero-order valence-electron chi connectivity index (χ0n) is 15.6. The third-order valence-electron chi connectivity index (χ3n) is 5.48. The lowest BCUT2D eigenvalue weighted by Gasteiger charge is -2.44. The number of aryl methyl sites for hydroxylation is 1. The van der Waals surface area contributed by atoms with E-state index in [2.05, 4.69) is 15.3 Å². The van der Waals surface area contributed by atoms with Crippen LogP contribution in [0.4, 0.5) is 10.1 Å². The first-order chi connectivity index (χ1) is 13.5. The largest absolute Gasteiger partial charge is 0.379 e. The van der Waals surface area contributed by atoms with Crippen molar-refractivity contribution in [1.29, 1.82) is 0 Å². The van der Waals surface area contributed by atoms with E-state index in [1.807, 2.05) is 0 Å². The first kappa shape index (κ1) is 18.9. The van der Waals surface area contributed by atoms with E-state index >= 15 is 0 Å². The number of hydrogen-bond donors (Lipinski definition) is 2. The van der Waals surface area contributed by atoms with Crippen LogP contribution in [0.5, 0.6) is 0 Å². The van der Waals surface area contributed by atoms with Gasteiger partial charge in [-0.25, -0.2) is 9.37 Å². The van der Waals surface area contributed by atoms with Gasteiger partial charge in [0.1, 0.15) is 11.5 Å². The Morgan fingerprint density at radius 1 is 1.32 bits per heavy atom. The number of thioether (sulfide) groups is 1. The van der Waals surface area contributed by atoms with E-state index in [1.54, 1.807) is 19.1 Å². The molecule has 1 amide bonds. The standard InChI is InChI=1S/C20H22FN5OS/c1-12-9-24-17(10-23-12)18(27)25-14-5-6-16(21)15(8-14)20-7-3-2-4-13(20)11-28-19(22)26-20/h5-6,8-10,13H,2-4,7,11H2,1H3,(H2,22,26)(H,25,27)/t13?,20-/m0/s1. The van der Waals surface area contributed by atoms with E-state index in [9.17, 15) is 9.18 Å². The number of fused-ring (bicyclic) bond motifs is 1. The fourth-order valence-electron chi connectivity index (χ4n) is 4.07. The number of nitrogens with zero attached hydrogens (tertiary/aromatic N) is 3. The summed E-state index contributed by atoms with van der Waals surface area (Å²) < 4.78 is 14.9. The fourth-order valence-corrected chi connectivity index (χ4v) is 5.11. The smallest absolute Gasteiger partial charge is 0.275 e. The lowest BCUT2D eigenvalue weighted by atomic mass is 9.69. The molecule has 146 valence electrons. The van der Waals surface area contributed by atoms with Crippen LogP contribution in [-0.4, -0.2) is 26.8 Å². The molecule has 1 saturated carbocycles. The summed E-state index contributed by atoms with van der Waals surface area (Å²) in [4.78, 5) is 25.4. The summed E-state index contributed by atoms with van der Waals surface area (Å²) >= 11 is 1.54. The highest BCUT2D eigenvalue weighted by Gasteiger charge is 2.46. The van der Waals surface area contributed by atoms with Gasteiger partial charge in [-0.15, -0.1) is 0 Å². The number of halogens is 1. The topological polar surface area (TPSA) is 93.3 Å². The van der Waals surface area contributed by atoms with Gasteiger partial charge in [0.05, 0.1) is 17.4 Å². The number of amides is 1. The SMILES string of the molecule is Cc1cnc(C(=O)Nc2ccc(F)c([C@]34CCCCC3CSC(N)=N4)c2)cn1. The molecule has 2 heterocycles. The van der Waals surface area contributed by atoms with E-state index in [4.69, 9.17) is 10.7 Å². The average molecular weight is 399 g/mol. The van der Waals surface area contributed by atoms with Crippen molar-refractivity contribution in [3.05, 3.63) is 53.4 Å². The molecule has 2 aliphatic rings. The van der Waals surface area contributed by atoms with Gasteiger partial charge in [-0.05, 0) is 43.9 Å². The molecule has 0 saturated heterocycles. The molecule has 8 heteroatoms. The van der Waals surface area contributed by atoms with Crippen LogP contribution in [0.15, 0.2) is 35.6 Å². The lowest BCUT2D eigenvalue weighted by Crippen LogP contribution is -2.43. The molecule has 6 nitrogen and oxygen atoms in total. The highest BCUT2D eigenvalue weighted by Crippen LogP contribution is 2.50. The highest BCUT2D eigenvalue weighted by molar-refractivity contribution is 8.13. The molecule has 0 spiro atoms. The van der Waals surface area contributed by atoms with Crippen LogP contribution < -0.4 is 11.1 Å². The molecule has 0 radical (unpaired) electrons. The van der Waals surface area contributed by atoms with Crippen LogP contribution >= 0.6 is 11.8 Å². The minimum atomic E-state index is -0.651. The van der Waals surface area contributed by atoms with Crippen LogP contribution in [0.25, 0.3) is 0 Å². The number of nitrogens with two attached hydrogens (primary N) is 1. The van der Waals surface area contributed by atoms with Gasteiger partial charge in [0.2, 0.25) is 0 Å².